The SMILES string of the molecule is COc1ccc(N(CCC(=O)NC2CCCC2)C(C)=O)cc1Cl. The number of carbonyl (C=O) groups is 2. The van der Waals surface area contributed by atoms with E-state index in [1.165, 1.54) is 26.9 Å². The summed E-state index contributed by atoms with van der Waals surface area (Å²) in [7, 11) is 1.54. The molecule has 1 aliphatic carbocycles. The fraction of sp³-hybridized carbons (Fsp3) is 0.529. The standard InChI is InChI=1S/C17H23ClN2O3/c1-12(21)20(14-7-8-16(23-2)15(18)11-14)10-9-17(22)19-13-5-3-4-6-13/h7-8,11,13H,3-6,9-10H2,1-2H3,(H,19,22). The van der Waals surface area contributed by atoms with Crippen molar-refractivity contribution in [2.24, 2.45) is 0 Å². The minimum Gasteiger partial charge on any atom is -0.495 e. The molecule has 2 amide bonds. The second-order valence-electron chi connectivity index (χ2n) is 5.79. The molecule has 0 spiro atoms. The van der Waals surface area contributed by atoms with E-state index in [2.05, 4.69) is 5.32 Å². The lowest BCUT2D eigenvalue weighted by atomic mass is 10.2. The molecule has 0 aliphatic heterocycles. The van der Waals surface area contributed by atoms with Crippen LogP contribution in [0.5, 0.6) is 5.75 Å². The number of nitrogens with one attached hydrogen (secondary N) is 1. The first-order valence-electron chi connectivity index (χ1n) is 7.92. The Labute approximate surface area is 141 Å². The number of halogens is 1. The van der Waals surface area contributed by atoms with Crippen LogP contribution in [-0.2, 0) is 9.59 Å². The Balaban J connectivity index is 1.97. The number of carbonyl (C=O) groups excluding carboxylic acids is 2. The van der Waals surface area contributed by atoms with E-state index in [1.807, 2.05) is 0 Å². The highest BCUT2D eigenvalue weighted by atomic mass is 35.5. The first kappa shape index (κ1) is 17.6. The van der Waals surface area contributed by atoms with Gasteiger partial charge in [0.15, 0.2) is 0 Å². The Kier molecular flexibility index (Phi) is 6.28. The van der Waals surface area contributed by atoms with Crippen molar-refractivity contribution in [2.45, 2.75) is 45.1 Å². The fourth-order valence-corrected chi connectivity index (χ4v) is 3.13. The average molecular weight is 339 g/mol. The third-order valence-corrected chi connectivity index (χ3v) is 4.41. The van der Waals surface area contributed by atoms with Gasteiger partial charge in [0.25, 0.3) is 0 Å². The molecular formula is C17H23ClN2O3. The van der Waals surface area contributed by atoms with Gasteiger partial charge in [0.05, 0.1) is 12.1 Å². The van der Waals surface area contributed by atoms with Gasteiger partial charge in [0, 0.05) is 31.6 Å². The molecule has 2 rings (SSSR count). The number of benzene rings is 1. The first-order valence-corrected chi connectivity index (χ1v) is 8.30. The zero-order valence-electron chi connectivity index (χ0n) is 13.6. The van der Waals surface area contributed by atoms with Gasteiger partial charge in [0.1, 0.15) is 5.75 Å². The number of anilines is 1. The van der Waals surface area contributed by atoms with Gasteiger partial charge in [0.2, 0.25) is 11.8 Å². The van der Waals surface area contributed by atoms with Crippen molar-refractivity contribution in [2.75, 3.05) is 18.6 Å². The average Bonchev–Trinajstić information content (AvgIpc) is 3.00. The molecule has 0 unspecified atom stereocenters. The Bertz CT molecular complexity index is 571. The molecule has 1 aliphatic rings. The lowest BCUT2D eigenvalue weighted by molar-refractivity contribution is -0.121. The van der Waals surface area contributed by atoms with E-state index >= 15 is 0 Å². The van der Waals surface area contributed by atoms with Crippen molar-refractivity contribution in [3.05, 3.63) is 23.2 Å². The largest absolute Gasteiger partial charge is 0.495 e. The number of amides is 2. The first-order chi connectivity index (χ1) is 11.0. The molecule has 0 saturated heterocycles. The summed E-state index contributed by atoms with van der Waals surface area (Å²) >= 11 is 6.11. The summed E-state index contributed by atoms with van der Waals surface area (Å²) in [6, 6.07) is 5.45. The van der Waals surface area contributed by atoms with Gasteiger partial charge >= 0.3 is 0 Å². The number of hydrogen-bond acceptors (Lipinski definition) is 3. The molecule has 0 atom stereocenters. The van der Waals surface area contributed by atoms with Gasteiger partial charge in [-0.2, -0.15) is 0 Å². The third kappa shape index (κ3) is 4.86. The zero-order valence-corrected chi connectivity index (χ0v) is 14.4. The summed E-state index contributed by atoms with van der Waals surface area (Å²) in [4.78, 5) is 25.5. The van der Waals surface area contributed by atoms with E-state index in [1.54, 1.807) is 23.1 Å². The zero-order chi connectivity index (χ0) is 16.8. The third-order valence-electron chi connectivity index (χ3n) is 4.11. The molecular weight excluding hydrogens is 316 g/mol. The Hall–Kier alpha value is -1.75. The number of nitrogens with zero attached hydrogens (tertiary/aromatic N) is 1. The summed E-state index contributed by atoms with van der Waals surface area (Å²) in [6.07, 6.45) is 4.73. The molecule has 1 aromatic carbocycles. The fourth-order valence-electron chi connectivity index (χ4n) is 2.87. The summed E-state index contributed by atoms with van der Waals surface area (Å²) < 4.78 is 5.11. The number of methoxy groups -OCH3 is 1. The van der Waals surface area contributed by atoms with Crippen molar-refractivity contribution in [3.8, 4) is 5.75 Å². The van der Waals surface area contributed by atoms with Crippen molar-refractivity contribution < 1.29 is 14.3 Å². The van der Waals surface area contributed by atoms with Crippen LogP contribution >= 0.6 is 11.6 Å². The molecule has 1 saturated carbocycles. The summed E-state index contributed by atoms with van der Waals surface area (Å²) in [5.41, 5.74) is 0.664. The monoisotopic (exact) mass is 338 g/mol. The molecule has 0 heterocycles. The molecule has 0 bridgehead atoms. The molecule has 6 heteroatoms. The van der Waals surface area contributed by atoms with Crippen molar-refractivity contribution in [3.63, 3.8) is 0 Å². The summed E-state index contributed by atoms with van der Waals surface area (Å²) in [5, 5.41) is 3.47. The van der Waals surface area contributed by atoms with Crippen LogP contribution in [0.1, 0.15) is 39.0 Å². The minimum atomic E-state index is -0.125. The molecule has 5 nitrogen and oxygen atoms in total. The Morgan fingerprint density at radius 2 is 2.04 bits per heavy atom. The highest BCUT2D eigenvalue weighted by Gasteiger charge is 2.19. The van der Waals surface area contributed by atoms with E-state index in [0.717, 1.165) is 12.8 Å². The maximum absolute atomic E-state index is 12.0. The van der Waals surface area contributed by atoms with Gasteiger partial charge in [-0.3, -0.25) is 9.59 Å². The molecule has 126 valence electrons. The summed E-state index contributed by atoms with van der Waals surface area (Å²) in [6.45, 7) is 1.81. The number of ether oxygens (including phenoxy) is 1. The van der Waals surface area contributed by atoms with Crippen LogP contribution in [0.4, 0.5) is 5.69 Å². The summed E-state index contributed by atoms with van der Waals surface area (Å²) in [5.74, 6) is 0.417. The van der Waals surface area contributed by atoms with Crippen LogP contribution in [0.3, 0.4) is 0 Å². The highest BCUT2D eigenvalue weighted by molar-refractivity contribution is 6.32. The molecule has 1 fully saturated rings. The van der Waals surface area contributed by atoms with Crippen LogP contribution in [0, 0.1) is 0 Å². The smallest absolute Gasteiger partial charge is 0.223 e. The van der Waals surface area contributed by atoms with E-state index < -0.39 is 0 Å². The van der Waals surface area contributed by atoms with Crippen molar-refractivity contribution >= 4 is 29.1 Å². The molecule has 0 aromatic heterocycles. The highest BCUT2D eigenvalue weighted by Crippen LogP contribution is 2.29. The van der Waals surface area contributed by atoms with Gasteiger partial charge < -0.3 is 15.0 Å². The quantitative estimate of drug-likeness (QED) is 0.866. The predicted molar refractivity (Wildman–Crippen MR) is 91.0 cm³/mol. The number of hydrogen-bond donors (Lipinski definition) is 1. The Morgan fingerprint density at radius 1 is 1.35 bits per heavy atom. The van der Waals surface area contributed by atoms with E-state index in [9.17, 15) is 9.59 Å². The minimum absolute atomic E-state index is 0.0113. The lowest BCUT2D eigenvalue weighted by Crippen LogP contribution is -2.37. The maximum Gasteiger partial charge on any atom is 0.223 e. The van der Waals surface area contributed by atoms with E-state index in [-0.39, 0.29) is 18.2 Å². The molecule has 1 aromatic rings. The molecule has 23 heavy (non-hydrogen) atoms. The van der Waals surface area contributed by atoms with Gasteiger partial charge in [-0.15, -0.1) is 0 Å². The van der Waals surface area contributed by atoms with Crippen LogP contribution in [0.15, 0.2) is 18.2 Å². The predicted octanol–water partition coefficient (Wildman–Crippen LogP) is 3.15. The van der Waals surface area contributed by atoms with Crippen LogP contribution in [0.2, 0.25) is 5.02 Å². The van der Waals surface area contributed by atoms with Gasteiger partial charge in [-0.05, 0) is 31.0 Å². The van der Waals surface area contributed by atoms with Gasteiger partial charge in [-0.25, -0.2) is 0 Å². The van der Waals surface area contributed by atoms with Crippen LogP contribution in [-0.4, -0.2) is 31.5 Å². The normalized spacial score (nSPS) is 14.6. The van der Waals surface area contributed by atoms with E-state index in [4.69, 9.17) is 16.3 Å². The van der Waals surface area contributed by atoms with Gasteiger partial charge in [-0.1, -0.05) is 24.4 Å². The van der Waals surface area contributed by atoms with E-state index in [0.29, 0.717) is 29.0 Å². The van der Waals surface area contributed by atoms with Crippen LogP contribution < -0.4 is 15.0 Å². The molecule has 0 radical (unpaired) electrons. The lowest BCUT2D eigenvalue weighted by Gasteiger charge is -2.22. The number of rotatable bonds is 6. The van der Waals surface area contributed by atoms with Crippen molar-refractivity contribution in [1.82, 2.24) is 5.32 Å². The Morgan fingerprint density at radius 3 is 2.61 bits per heavy atom. The topological polar surface area (TPSA) is 58.6 Å². The second-order valence-corrected chi connectivity index (χ2v) is 6.20. The van der Waals surface area contributed by atoms with Crippen molar-refractivity contribution in [1.29, 1.82) is 0 Å². The molecule has 1 N–H and O–H groups in total. The maximum atomic E-state index is 12.0. The second kappa shape index (κ2) is 8.20. The van der Waals surface area contributed by atoms with Crippen LogP contribution in [0.25, 0.3) is 0 Å².